The molecule has 0 unspecified atom stereocenters. The Balaban J connectivity index is 0.00000324. The van der Waals surface area contributed by atoms with Gasteiger partial charge in [-0.05, 0) is 63.5 Å². The van der Waals surface area contributed by atoms with Gasteiger partial charge in [-0.15, -0.1) is 12.4 Å². The zero-order valence-electron chi connectivity index (χ0n) is 19.3. The van der Waals surface area contributed by atoms with Gasteiger partial charge in [0.15, 0.2) is 5.13 Å². The molecule has 180 valence electrons. The topological polar surface area (TPSA) is 83.0 Å². The molecule has 4 rings (SSSR count). The summed E-state index contributed by atoms with van der Waals surface area (Å²) in [6, 6.07) is 12.3. The number of thiazole rings is 1. The summed E-state index contributed by atoms with van der Waals surface area (Å²) in [5.74, 6) is 0.111. The number of amides is 3. The van der Waals surface area contributed by atoms with Crippen molar-refractivity contribution in [3.63, 3.8) is 0 Å². The smallest absolute Gasteiger partial charge is 0.260 e. The van der Waals surface area contributed by atoms with E-state index < -0.39 is 0 Å². The molecule has 0 radical (unpaired) electrons. The van der Waals surface area contributed by atoms with Crippen LogP contribution >= 0.6 is 23.7 Å². The fourth-order valence-electron chi connectivity index (χ4n) is 3.74. The van der Waals surface area contributed by atoms with Gasteiger partial charge in [0.2, 0.25) is 11.8 Å². The molecule has 0 saturated carbocycles. The second-order valence-electron chi connectivity index (χ2n) is 8.11. The average Bonchev–Trinajstić information content (AvgIpc) is 3.38. The van der Waals surface area contributed by atoms with Gasteiger partial charge in [-0.25, -0.2) is 4.98 Å². The third-order valence-electron chi connectivity index (χ3n) is 5.47. The molecular formula is C24H27ClN4O4S. The summed E-state index contributed by atoms with van der Waals surface area (Å²) in [6.07, 6.45) is 1.23. The predicted molar refractivity (Wildman–Crippen MR) is 136 cm³/mol. The van der Waals surface area contributed by atoms with Crippen molar-refractivity contribution in [1.29, 1.82) is 0 Å². The Morgan fingerprint density at radius 1 is 1.06 bits per heavy atom. The van der Waals surface area contributed by atoms with E-state index in [0.717, 1.165) is 23.2 Å². The van der Waals surface area contributed by atoms with E-state index in [2.05, 4.69) is 4.90 Å². The van der Waals surface area contributed by atoms with E-state index in [1.165, 1.54) is 16.2 Å². The molecule has 8 nitrogen and oxygen atoms in total. The molecule has 3 amide bonds. The van der Waals surface area contributed by atoms with Gasteiger partial charge in [0, 0.05) is 31.0 Å². The van der Waals surface area contributed by atoms with Crippen LogP contribution < -0.4 is 14.5 Å². The molecule has 0 N–H and O–H groups in total. The standard InChI is InChI=1S/C24H26N4O4S.ClH/c1-26(2)13-4-14-27(24-25-19-15-18(32-3)9-10-20(19)33-24)23(31)16-5-7-17(8-6-16)28-21(29)11-12-22(28)30;/h5-10,15H,4,11-14H2,1-3H3;1H. The number of fused-ring (bicyclic) bond motifs is 1. The molecule has 0 atom stereocenters. The number of rotatable bonds is 8. The first-order valence-electron chi connectivity index (χ1n) is 10.7. The van der Waals surface area contributed by atoms with Crippen LogP contribution in [0.1, 0.15) is 29.6 Å². The van der Waals surface area contributed by atoms with Crippen molar-refractivity contribution in [1.82, 2.24) is 9.88 Å². The van der Waals surface area contributed by atoms with Gasteiger partial charge in [-0.3, -0.25) is 24.2 Å². The van der Waals surface area contributed by atoms with Crippen LogP contribution in [-0.2, 0) is 9.59 Å². The molecule has 1 aliphatic heterocycles. The van der Waals surface area contributed by atoms with E-state index in [1.807, 2.05) is 32.3 Å². The van der Waals surface area contributed by atoms with E-state index in [1.54, 1.807) is 36.3 Å². The third kappa shape index (κ3) is 5.38. The van der Waals surface area contributed by atoms with Crippen LogP contribution in [0.5, 0.6) is 5.75 Å². The number of imide groups is 1. The van der Waals surface area contributed by atoms with Crippen molar-refractivity contribution < 1.29 is 19.1 Å². The van der Waals surface area contributed by atoms with Gasteiger partial charge in [-0.1, -0.05) is 11.3 Å². The molecule has 1 fully saturated rings. The number of hydrogen-bond acceptors (Lipinski definition) is 7. The molecule has 2 heterocycles. The zero-order valence-corrected chi connectivity index (χ0v) is 20.9. The Morgan fingerprint density at radius 3 is 2.35 bits per heavy atom. The summed E-state index contributed by atoms with van der Waals surface area (Å²) in [7, 11) is 5.60. The molecule has 3 aromatic rings. The van der Waals surface area contributed by atoms with E-state index in [4.69, 9.17) is 9.72 Å². The number of halogens is 1. The molecule has 1 aromatic heterocycles. The fraction of sp³-hybridized carbons (Fsp3) is 0.333. The number of carbonyl (C=O) groups excluding carboxylic acids is 3. The lowest BCUT2D eigenvalue weighted by Gasteiger charge is -2.21. The van der Waals surface area contributed by atoms with Gasteiger partial charge in [0.1, 0.15) is 5.75 Å². The average molecular weight is 503 g/mol. The lowest BCUT2D eigenvalue weighted by molar-refractivity contribution is -0.121. The van der Waals surface area contributed by atoms with Crippen LogP contribution in [0.25, 0.3) is 10.2 Å². The van der Waals surface area contributed by atoms with E-state index in [0.29, 0.717) is 28.7 Å². The van der Waals surface area contributed by atoms with E-state index >= 15 is 0 Å². The fourth-order valence-corrected chi connectivity index (χ4v) is 4.71. The highest BCUT2D eigenvalue weighted by Crippen LogP contribution is 2.32. The van der Waals surface area contributed by atoms with Gasteiger partial charge in [0.05, 0.1) is 23.0 Å². The van der Waals surface area contributed by atoms with Crippen molar-refractivity contribution in [2.45, 2.75) is 19.3 Å². The van der Waals surface area contributed by atoms with E-state index in [9.17, 15) is 14.4 Å². The maximum atomic E-state index is 13.5. The molecule has 10 heteroatoms. The Morgan fingerprint density at radius 2 is 1.74 bits per heavy atom. The van der Waals surface area contributed by atoms with Crippen molar-refractivity contribution in [2.75, 3.05) is 44.1 Å². The summed E-state index contributed by atoms with van der Waals surface area (Å²) in [4.78, 5) is 47.2. The van der Waals surface area contributed by atoms with Gasteiger partial charge in [0.25, 0.3) is 5.91 Å². The highest BCUT2D eigenvalue weighted by atomic mass is 35.5. The number of anilines is 2. The number of hydrogen-bond donors (Lipinski definition) is 0. The molecule has 1 aliphatic rings. The number of methoxy groups -OCH3 is 1. The van der Waals surface area contributed by atoms with Crippen LogP contribution in [-0.4, -0.2) is 61.9 Å². The highest BCUT2D eigenvalue weighted by Gasteiger charge is 2.30. The Bertz CT molecular complexity index is 1180. The van der Waals surface area contributed by atoms with Crippen LogP contribution in [0.15, 0.2) is 42.5 Å². The maximum absolute atomic E-state index is 13.5. The van der Waals surface area contributed by atoms with Crippen molar-refractivity contribution >= 4 is 62.5 Å². The molecule has 1 saturated heterocycles. The molecule has 34 heavy (non-hydrogen) atoms. The lowest BCUT2D eigenvalue weighted by atomic mass is 10.1. The molecule has 0 spiro atoms. The van der Waals surface area contributed by atoms with Crippen LogP contribution in [0.3, 0.4) is 0 Å². The second-order valence-corrected chi connectivity index (χ2v) is 9.12. The highest BCUT2D eigenvalue weighted by molar-refractivity contribution is 7.22. The minimum Gasteiger partial charge on any atom is -0.497 e. The Hall–Kier alpha value is -3.01. The van der Waals surface area contributed by atoms with Crippen LogP contribution in [0.2, 0.25) is 0 Å². The summed E-state index contributed by atoms with van der Waals surface area (Å²) < 4.78 is 6.27. The van der Waals surface area contributed by atoms with Crippen molar-refractivity contribution in [3.05, 3.63) is 48.0 Å². The first kappa shape index (κ1) is 25.6. The first-order chi connectivity index (χ1) is 15.9. The molecular weight excluding hydrogens is 476 g/mol. The number of carbonyl (C=O) groups is 3. The molecule has 2 aromatic carbocycles. The van der Waals surface area contributed by atoms with Gasteiger partial charge in [-0.2, -0.15) is 0 Å². The number of nitrogens with zero attached hydrogens (tertiary/aromatic N) is 4. The number of ether oxygens (including phenoxy) is 1. The molecule has 0 bridgehead atoms. The van der Waals surface area contributed by atoms with Crippen LogP contribution in [0.4, 0.5) is 10.8 Å². The quantitative estimate of drug-likeness (QED) is 0.433. The predicted octanol–water partition coefficient (Wildman–Crippen LogP) is 3.98. The van der Waals surface area contributed by atoms with Crippen molar-refractivity contribution in [3.8, 4) is 5.75 Å². The monoisotopic (exact) mass is 502 g/mol. The minimum atomic E-state index is -0.214. The largest absolute Gasteiger partial charge is 0.497 e. The normalized spacial score (nSPS) is 13.5. The lowest BCUT2D eigenvalue weighted by Crippen LogP contribution is -2.33. The minimum absolute atomic E-state index is 0. The number of benzene rings is 2. The molecule has 0 aliphatic carbocycles. The Kier molecular flexibility index (Phi) is 8.24. The summed E-state index contributed by atoms with van der Waals surface area (Å²) in [6.45, 7) is 1.35. The summed E-state index contributed by atoms with van der Waals surface area (Å²) in [5, 5.41) is 0.621. The Labute approximate surface area is 208 Å². The first-order valence-corrected chi connectivity index (χ1v) is 11.6. The number of aromatic nitrogens is 1. The SMILES string of the molecule is COc1ccc2sc(N(CCCN(C)C)C(=O)c3ccc(N4C(=O)CCC4=O)cc3)nc2c1.Cl. The van der Waals surface area contributed by atoms with Gasteiger partial charge >= 0.3 is 0 Å². The van der Waals surface area contributed by atoms with Crippen molar-refractivity contribution in [2.24, 2.45) is 0 Å². The maximum Gasteiger partial charge on any atom is 0.260 e. The second kappa shape index (κ2) is 10.9. The van der Waals surface area contributed by atoms with E-state index in [-0.39, 0.29) is 43.0 Å². The van der Waals surface area contributed by atoms with Gasteiger partial charge < -0.3 is 9.64 Å². The zero-order chi connectivity index (χ0) is 23.5. The van der Waals surface area contributed by atoms with Crippen LogP contribution in [0, 0.1) is 0 Å². The third-order valence-corrected chi connectivity index (χ3v) is 6.53. The summed E-state index contributed by atoms with van der Waals surface area (Å²) >= 11 is 1.46. The summed E-state index contributed by atoms with van der Waals surface area (Å²) in [5.41, 5.74) is 1.74.